The molecule has 0 atom stereocenters. The van der Waals surface area contributed by atoms with Crippen LogP contribution < -0.4 is 7.52 Å². The molecule has 0 spiro atoms. The molecule has 14 nitrogen and oxygen atoms in total. The molecule has 0 aromatic heterocycles. The largest absolute Gasteiger partial charge is 2.00 e. The Bertz CT molecular complexity index is 488. The zero-order chi connectivity index (χ0) is 15.4. The van der Waals surface area contributed by atoms with Crippen LogP contribution in [0.25, 0.3) is 0 Å². The molecule has 19 heavy (non-hydrogen) atoms. The Hall–Kier alpha value is 1.24. The summed E-state index contributed by atoms with van der Waals surface area (Å²) in [5, 5.41) is 0. The van der Waals surface area contributed by atoms with Crippen LogP contribution in [0.3, 0.4) is 0 Å². The molecule has 0 amide bonds. The topological polar surface area (TPSA) is 248 Å². The SMILES string of the molecule is O=P(O)(O)[O][W](=[O])(=[O])[O-].O=P(O)(O)[O][W](=[O])(=[O])[O-].[Cu+2]. The van der Waals surface area contributed by atoms with Gasteiger partial charge in [-0.05, 0) is 0 Å². The number of hydrogen-bond acceptors (Lipinski definition) is 10. The quantitative estimate of drug-likeness (QED) is 0.161. The Morgan fingerprint density at radius 1 is 0.737 bits per heavy atom. The minimum Gasteiger partial charge on any atom is 2.00 e. The van der Waals surface area contributed by atoms with Gasteiger partial charge in [-0.25, -0.2) is 0 Å². The molecule has 0 aliphatic rings. The standard InChI is InChI=1S/Cu.2H3O4P.6O.2W/c;2*1-5(2,3)4;;;;;;;;/h;2*(H3,1,2,3,4);;;;;;;;/q+2;;;;;;;2*-1;2*+1/p-2. The molecule has 0 fully saturated rings. The van der Waals surface area contributed by atoms with E-state index in [9.17, 15) is 30.2 Å². The molecule has 0 saturated carbocycles. The fourth-order valence-electron chi connectivity index (χ4n) is 0.238. The molecule has 0 aliphatic heterocycles. The van der Waals surface area contributed by atoms with E-state index in [-0.39, 0.29) is 17.1 Å². The van der Waals surface area contributed by atoms with Crippen molar-refractivity contribution in [3.8, 4) is 0 Å². The summed E-state index contributed by atoms with van der Waals surface area (Å²) in [7, 11) is -10.3. The predicted octanol–water partition coefficient (Wildman–Crippen LogP) is -3.74. The maximum Gasteiger partial charge on any atom is 2.00 e. The van der Waals surface area contributed by atoms with Crippen molar-refractivity contribution < 1.29 is 107 Å². The van der Waals surface area contributed by atoms with E-state index < -0.39 is 49.1 Å². The van der Waals surface area contributed by atoms with E-state index in [1.54, 1.807) is 0 Å². The van der Waals surface area contributed by atoms with Gasteiger partial charge in [0.05, 0.1) is 0 Å². The van der Waals surface area contributed by atoms with Gasteiger partial charge in [-0.15, -0.1) is 0 Å². The molecule has 0 unspecified atom stereocenters. The summed E-state index contributed by atoms with van der Waals surface area (Å²) in [5.41, 5.74) is 0. The Kier molecular flexibility index (Phi) is 11.4. The van der Waals surface area contributed by atoms with Crippen LogP contribution in [-0.2, 0) is 79.6 Å². The average Bonchev–Trinajstić information content (AvgIpc) is 1.64. The zero-order valence-electron chi connectivity index (χ0n) is 7.88. The fourth-order valence-corrected chi connectivity index (χ4v) is 5.84. The Balaban J connectivity index is -0.000000256. The van der Waals surface area contributed by atoms with Crippen LogP contribution >= 0.6 is 15.6 Å². The molecule has 19 heteroatoms. The Morgan fingerprint density at radius 3 is 0.895 bits per heavy atom. The van der Waals surface area contributed by atoms with Gasteiger partial charge < -0.3 is 0 Å². The van der Waals surface area contributed by atoms with Crippen LogP contribution in [-0.4, -0.2) is 19.6 Å². The molecule has 0 saturated heterocycles. The van der Waals surface area contributed by atoms with Gasteiger partial charge in [0.25, 0.3) is 0 Å². The number of rotatable bonds is 4. The average molecular weight is 721 g/mol. The van der Waals surface area contributed by atoms with Crippen LogP contribution in [0, 0.1) is 0 Å². The van der Waals surface area contributed by atoms with Crippen molar-refractivity contribution in [2.75, 3.05) is 0 Å². The van der Waals surface area contributed by atoms with Crippen LogP contribution in [0.1, 0.15) is 0 Å². The van der Waals surface area contributed by atoms with Gasteiger partial charge in [-0.2, -0.15) is 0 Å². The van der Waals surface area contributed by atoms with Crippen LogP contribution in [0.4, 0.5) is 0 Å². The second kappa shape index (κ2) is 8.62. The second-order valence-electron chi connectivity index (χ2n) is 1.95. The smallest absolute Gasteiger partial charge is 2.00 e. The van der Waals surface area contributed by atoms with Crippen LogP contribution in [0.15, 0.2) is 0 Å². The fraction of sp³-hybridized carbons (Fsp3) is 0. The van der Waals surface area contributed by atoms with Gasteiger partial charge in [-0.1, -0.05) is 0 Å². The minimum atomic E-state index is -6.44. The van der Waals surface area contributed by atoms with Crippen molar-refractivity contribution in [1.82, 2.24) is 0 Å². The number of hydrogen-bond donors (Lipinski definition) is 4. The molecular formula is H4CuO14P2W2. The van der Waals surface area contributed by atoms with Gasteiger partial charge in [0, 0.05) is 0 Å². The maximum absolute atomic E-state index is 9.57. The van der Waals surface area contributed by atoms with E-state index >= 15 is 0 Å². The van der Waals surface area contributed by atoms with Gasteiger partial charge in [0.15, 0.2) is 0 Å². The van der Waals surface area contributed by atoms with Crippen LogP contribution in [0.5, 0.6) is 0 Å². The molecule has 0 heterocycles. The van der Waals surface area contributed by atoms with Crippen molar-refractivity contribution in [2.24, 2.45) is 0 Å². The summed E-state index contributed by atoms with van der Waals surface area (Å²) < 4.78 is 81.8. The third-order valence-corrected chi connectivity index (χ3v) is 9.25. The van der Waals surface area contributed by atoms with Gasteiger partial charge >= 0.3 is 122 Å². The summed E-state index contributed by atoms with van der Waals surface area (Å²) in [6.45, 7) is 0. The van der Waals surface area contributed by atoms with Crippen molar-refractivity contribution in [2.45, 2.75) is 0 Å². The van der Waals surface area contributed by atoms with Crippen molar-refractivity contribution >= 4 is 15.6 Å². The minimum absolute atomic E-state index is 0. The summed E-state index contributed by atoms with van der Waals surface area (Å²) in [6.07, 6.45) is 0. The second-order valence-corrected chi connectivity index (χ2v) is 13.3. The van der Waals surface area contributed by atoms with Gasteiger partial charge in [0.1, 0.15) is 0 Å². The maximum atomic E-state index is 9.57. The van der Waals surface area contributed by atoms with Crippen molar-refractivity contribution in [3.63, 3.8) is 0 Å². The normalized spacial score (nSPS) is 12.9. The molecule has 0 bridgehead atoms. The first-order valence-corrected chi connectivity index (χ1v) is 15.5. The third kappa shape index (κ3) is 32.6. The van der Waals surface area contributed by atoms with Gasteiger partial charge in [0.2, 0.25) is 0 Å². The first kappa shape index (κ1) is 25.2. The summed E-state index contributed by atoms with van der Waals surface area (Å²) >= 11 is -12.9. The molecule has 0 aromatic rings. The molecule has 0 aliphatic carbocycles. The van der Waals surface area contributed by atoms with Crippen LogP contribution in [0.2, 0.25) is 0 Å². The summed E-state index contributed by atoms with van der Waals surface area (Å²) in [6, 6.07) is 0. The van der Waals surface area contributed by atoms with Crippen molar-refractivity contribution in [1.29, 1.82) is 0 Å². The monoisotopic (exact) mass is 721 g/mol. The number of phosphoric acid groups is 2. The first-order valence-electron chi connectivity index (χ1n) is 2.86. The molecule has 1 radical (unpaired) electrons. The third-order valence-electron chi connectivity index (χ3n) is 0.377. The van der Waals surface area contributed by atoms with E-state index in [2.05, 4.69) is 6.35 Å². The summed E-state index contributed by atoms with van der Waals surface area (Å²) in [4.78, 5) is 30.8. The zero-order valence-corrected chi connectivity index (χ0v) is 16.5. The summed E-state index contributed by atoms with van der Waals surface area (Å²) in [5.74, 6) is 0. The molecule has 4 N–H and O–H groups in total. The van der Waals surface area contributed by atoms with Gasteiger partial charge in [-0.3, -0.25) is 0 Å². The van der Waals surface area contributed by atoms with E-state index in [4.69, 9.17) is 19.6 Å². The Morgan fingerprint density at radius 2 is 0.895 bits per heavy atom. The molecule has 121 valence electrons. The molecule has 0 rings (SSSR count). The molecule has 0 aromatic carbocycles. The molecular weight excluding hydrogens is 717 g/mol. The Labute approximate surface area is 122 Å². The van der Waals surface area contributed by atoms with E-state index in [0.717, 1.165) is 0 Å². The van der Waals surface area contributed by atoms with Crippen molar-refractivity contribution in [3.05, 3.63) is 0 Å². The first-order chi connectivity index (χ1) is 7.41. The van der Waals surface area contributed by atoms with E-state index in [1.165, 1.54) is 0 Å². The van der Waals surface area contributed by atoms with E-state index in [0.29, 0.717) is 0 Å². The van der Waals surface area contributed by atoms with E-state index in [1.807, 2.05) is 0 Å². The predicted molar refractivity (Wildman–Crippen MR) is 29.0 cm³/mol.